The first-order chi connectivity index (χ1) is 6.69. The normalized spacial score (nSPS) is 51.4. The second kappa shape index (κ2) is 2.77. The first kappa shape index (κ1) is 9.24. The SMILES string of the molecule is CCC12C[C]3CC(C1)CC(CC)(C3)C2. The Bertz CT molecular complexity index is 204. The van der Waals surface area contributed by atoms with Crippen molar-refractivity contribution in [3.63, 3.8) is 0 Å². The third-order valence-corrected chi connectivity index (χ3v) is 5.52. The lowest BCUT2D eigenvalue weighted by Gasteiger charge is -2.62. The van der Waals surface area contributed by atoms with Crippen LogP contribution in [-0.4, -0.2) is 0 Å². The number of hydrogen-bond donors (Lipinski definition) is 0. The average molecular weight is 191 g/mol. The summed E-state index contributed by atoms with van der Waals surface area (Å²) in [6.45, 7) is 4.86. The second-order valence-electron chi connectivity index (χ2n) is 6.47. The summed E-state index contributed by atoms with van der Waals surface area (Å²) in [5, 5.41) is 0. The molecule has 0 nitrogen and oxygen atoms in total. The molecule has 79 valence electrons. The molecule has 4 aliphatic carbocycles. The number of rotatable bonds is 2. The Kier molecular flexibility index (Phi) is 1.83. The molecule has 1 radical (unpaired) electrons. The molecule has 0 saturated heterocycles. The quantitative estimate of drug-likeness (QED) is 0.608. The van der Waals surface area contributed by atoms with Gasteiger partial charge in [-0.2, -0.15) is 0 Å². The van der Waals surface area contributed by atoms with E-state index in [-0.39, 0.29) is 0 Å². The average Bonchev–Trinajstić information content (AvgIpc) is 2.16. The van der Waals surface area contributed by atoms with Gasteiger partial charge in [-0.1, -0.05) is 26.7 Å². The van der Waals surface area contributed by atoms with Gasteiger partial charge in [0.1, 0.15) is 0 Å². The van der Waals surface area contributed by atoms with Gasteiger partial charge < -0.3 is 0 Å². The van der Waals surface area contributed by atoms with Crippen molar-refractivity contribution in [2.24, 2.45) is 16.7 Å². The zero-order valence-electron chi connectivity index (χ0n) is 9.73. The highest BCUT2D eigenvalue weighted by atomic mass is 14.6. The molecule has 4 aliphatic rings. The van der Waals surface area contributed by atoms with Crippen molar-refractivity contribution in [2.75, 3.05) is 0 Å². The zero-order chi connectivity index (χ0) is 9.81. The van der Waals surface area contributed by atoms with Gasteiger partial charge >= 0.3 is 0 Å². The molecule has 0 aromatic heterocycles. The Hall–Kier alpha value is 0. The second-order valence-corrected chi connectivity index (χ2v) is 6.47. The summed E-state index contributed by atoms with van der Waals surface area (Å²) in [6, 6.07) is 0. The summed E-state index contributed by atoms with van der Waals surface area (Å²) in [7, 11) is 0. The summed E-state index contributed by atoms with van der Waals surface area (Å²) in [5.74, 6) is 3.03. The molecular formula is C14H23. The van der Waals surface area contributed by atoms with Gasteiger partial charge in [0.15, 0.2) is 0 Å². The Morgan fingerprint density at radius 1 is 1.07 bits per heavy atom. The maximum Gasteiger partial charge on any atom is -0.0227 e. The Labute approximate surface area is 88.5 Å². The molecule has 2 atom stereocenters. The molecule has 2 unspecified atom stereocenters. The van der Waals surface area contributed by atoms with Crippen molar-refractivity contribution in [3.8, 4) is 0 Å². The molecule has 0 amide bonds. The first-order valence-corrected chi connectivity index (χ1v) is 6.53. The van der Waals surface area contributed by atoms with Crippen molar-refractivity contribution >= 4 is 0 Å². The minimum atomic E-state index is 0.769. The molecule has 4 saturated carbocycles. The monoisotopic (exact) mass is 191 g/mol. The lowest BCUT2D eigenvalue weighted by molar-refractivity contribution is -0.0621. The van der Waals surface area contributed by atoms with E-state index < -0.39 is 0 Å². The van der Waals surface area contributed by atoms with Gasteiger partial charge in [0, 0.05) is 0 Å². The predicted octanol–water partition coefficient (Wildman–Crippen LogP) is 4.35. The molecular weight excluding hydrogens is 168 g/mol. The molecule has 0 aromatic rings. The van der Waals surface area contributed by atoms with Crippen LogP contribution in [0.4, 0.5) is 0 Å². The van der Waals surface area contributed by atoms with Crippen LogP contribution in [0.25, 0.3) is 0 Å². The lowest BCUT2D eigenvalue weighted by Crippen LogP contribution is -2.50. The van der Waals surface area contributed by atoms with Crippen LogP contribution >= 0.6 is 0 Å². The molecule has 0 spiro atoms. The van der Waals surface area contributed by atoms with Gasteiger partial charge in [0.05, 0.1) is 0 Å². The van der Waals surface area contributed by atoms with E-state index >= 15 is 0 Å². The fourth-order valence-electron chi connectivity index (χ4n) is 5.11. The molecule has 4 rings (SSSR count). The summed E-state index contributed by atoms with van der Waals surface area (Å²) >= 11 is 0. The number of hydrogen-bond acceptors (Lipinski definition) is 0. The van der Waals surface area contributed by atoms with Crippen molar-refractivity contribution in [1.82, 2.24) is 0 Å². The third kappa shape index (κ3) is 1.12. The van der Waals surface area contributed by atoms with Crippen molar-refractivity contribution in [2.45, 2.75) is 65.2 Å². The standard InChI is InChI=1S/C14H23/c1-3-13-6-11-5-12(7-13)9-14(4-2,8-11)10-13/h11H,3-10H2,1-2H3. The van der Waals surface area contributed by atoms with Gasteiger partial charge in [-0.25, -0.2) is 0 Å². The Balaban J connectivity index is 1.94. The van der Waals surface area contributed by atoms with E-state index in [2.05, 4.69) is 13.8 Å². The molecule has 0 heteroatoms. The van der Waals surface area contributed by atoms with Crippen LogP contribution < -0.4 is 0 Å². The van der Waals surface area contributed by atoms with Crippen LogP contribution in [0.1, 0.15) is 65.2 Å². The molecule has 14 heavy (non-hydrogen) atoms. The van der Waals surface area contributed by atoms with Crippen LogP contribution in [0.15, 0.2) is 0 Å². The molecule has 0 heterocycles. The minimum Gasteiger partial charge on any atom is -0.0649 e. The Morgan fingerprint density at radius 3 is 2.07 bits per heavy atom. The van der Waals surface area contributed by atoms with E-state index in [1.807, 2.05) is 5.92 Å². The van der Waals surface area contributed by atoms with Crippen LogP contribution in [0.3, 0.4) is 0 Å². The maximum atomic E-state index is 2.43. The fraction of sp³-hybridized carbons (Fsp3) is 0.929. The Morgan fingerprint density at radius 2 is 1.64 bits per heavy atom. The van der Waals surface area contributed by atoms with E-state index in [1.54, 1.807) is 19.3 Å². The minimum absolute atomic E-state index is 0.769. The van der Waals surface area contributed by atoms with Gasteiger partial charge in [-0.05, 0) is 61.2 Å². The molecule has 0 aromatic carbocycles. The van der Waals surface area contributed by atoms with Crippen molar-refractivity contribution in [1.29, 1.82) is 0 Å². The van der Waals surface area contributed by atoms with Crippen LogP contribution in [-0.2, 0) is 0 Å². The summed E-state index contributed by atoms with van der Waals surface area (Å²) < 4.78 is 0. The summed E-state index contributed by atoms with van der Waals surface area (Å²) in [4.78, 5) is 0. The van der Waals surface area contributed by atoms with Crippen molar-refractivity contribution < 1.29 is 0 Å². The van der Waals surface area contributed by atoms with Gasteiger partial charge in [0.2, 0.25) is 0 Å². The highest BCUT2D eigenvalue weighted by Gasteiger charge is 2.55. The summed E-state index contributed by atoms with van der Waals surface area (Å²) in [6.07, 6.45) is 12.1. The zero-order valence-corrected chi connectivity index (χ0v) is 9.73. The summed E-state index contributed by atoms with van der Waals surface area (Å²) in [5.41, 5.74) is 1.54. The third-order valence-electron chi connectivity index (χ3n) is 5.52. The van der Waals surface area contributed by atoms with Crippen LogP contribution in [0, 0.1) is 22.7 Å². The molecule has 4 fully saturated rings. The maximum absolute atomic E-state index is 2.43. The van der Waals surface area contributed by atoms with E-state index in [1.165, 1.54) is 32.1 Å². The highest BCUT2D eigenvalue weighted by molar-refractivity contribution is 5.17. The first-order valence-electron chi connectivity index (χ1n) is 6.53. The van der Waals surface area contributed by atoms with E-state index in [9.17, 15) is 0 Å². The van der Waals surface area contributed by atoms with E-state index in [0.29, 0.717) is 0 Å². The van der Waals surface area contributed by atoms with E-state index in [4.69, 9.17) is 0 Å². The molecule has 4 bridgehead atoms. The lowest BCUT2D eigenvalue weighted by atomic mass is 9.43. The largest absolute Gasteiger partial charge is 0.0649 e. The van der Waals surface area contributed by atoms with Gasteiger partial charge in [-0.3, -0.25) is 0 Å². The smallest absolute Gasteiger partial charge is 0.0227 e. The highest BCUT2D eigenvalue weighted by Crippen LogP contribution is 2.67. The molecule has 0 N–H and O–H groups in total. The van der Waals surface area contributed by atoms with Crippen LogP contribution in [0.2, 0.25) is 0 Å². The predicted molar refractivity (Wildman–Crippen MR) is 59.9 cm³/mol. The topological polar surface area (TPSA) is 0 Å². The van der Waals surface area contributed by atoms with Crippen molar-refractivity contribution in [3.05, 3.63) is 5.92 Å². The van der Waals surface area contributed by atoms with Crippen LogP contribution in [0.5, 0.6) is 0 Å². The van der Waals surface area contributed by atoms with Gasteiger partial charge in [-0.15, -0.1) is 0 Å². The molecule has 0 aliphatic heterocycles. The van der Waals surface area contributed by atoms with Gasteiger partial charge in [0.25, 0.3) is 0 Å². The van der Waals surface area contributed by atoms with E-state index in [0.717, 1.165) is 16.7 Å². The fourth-order valence-corrected chi connectivity index (χ4v) is 5.11.